The van der Waals surface area contributed by atoms with Crippen LogP contribution in [0.5, 0.6) is 0 Å². The summed E-state index contributed by atoms with van der Waals surface area (Å²) < 4.78 is 5.74. The topological polar surface area (TPSA) is 62.5 Å². The lowest BCUT2D eigenvalue weighted by atomic mass is 9.93. The number of furan rings is 1. The van der Waals surface area contributed by atoms with Gasteiger partial charge in [0.05, 0.1) is 0 Å². The van der Waals surface area contributed by atoms with Crippen LogP contribution in [0.2, 0.25) is 0 Å². The molecule has 1 unspecified atom stereocenters. The summed E-state index contributed by atoms with van der Waals surface area (Å²) in [6, 6.07) is 13.3. The number of carbonyl (C=O) groups is 1. The number of carbonyl (C=O) groups excluding carboxylic acids is 1. The Kier molecular flexibility index (Phi) is 6.02. The first-order valence-electron chi connectivity index (χ1n) is 6.90. The smallest absolute Gasteiger partial charge is 0.287 e. The number of nitrogens with one attached hydrogen (secondary N) is 1. The minimum atomic E-state index is -0.225. The molecule has 2 aromatic rings. The highest BCUT2D eigenvalue weighted by atomic mass is 79.9. The molecular weight excluding hydrogens is 334 g/mol. The van der Waals surface area contributed by atoms with E-state index in [1.807, 2.05) is 30.3 Å². The molecule has 0 radical (unpaired) electrons. The predicted octanol–water partition coefficient (Wildman–Crippen LogP) is 3.33. The maximum atomic E-state index is 11.9. The molecule has 1 atom stereocenters. The van der Waals surface area contributed by atoms with Gasteiger partial charge in [-0.15, -0.1) is 0 Å². The summed E-state index contributed by atoms with van der Waals surface area (Å²) in [5, 5.41) is 12.0. The van der Waals surface area contributed by atoms with Crippen LogP contribution in [0.15, 0.2) is 51.6 Å². The van der Waals surface area contributed by atoms with Crippen molar-refractivity contribution in [2.75, 3.05) is 13.2 Å². The van der Waals surface area contributed by atoms with Crippen molar-refractivity contribution in [1.29, 1.82) is 0 Å². The molecule has 0 spiro atoms. The zero-order valence-corrected chi connectivity index (χ0v) is 13.2. The molecule has 0 aliphatic rings. The molecule has 1 aromatic carbocycles. The molecule has 1 amide bonds. The number of benzene rings is 1. The van der Waals surface area contributed by atoms with Gasteiger partial charge in [0.2, 0.25) is 0 Å². The zero-order valence-electron chi connectivity index (χ0n) is 11.6. The van der Waals surface area contributed by atoms with E-state index in [-0.39, 0.29) is 18.4 Å². The van der Waals surface area contributed by atoms with Crippen LogP contribution in [-0.2, 0) is 0 Å². The van der Waals surface area contributed by atoms with Crippen molar-refractivity contribution in [3.8, 4) is 0 Å². The van der Waals surface area contributed by atoms with Gasteiger partial charge in [-0.1, -0.05) is 30.3 Å². The maximum Gasteiger partial charge on any atom is 0.287 e. The van der Waals surface area contributed by atoms with Crippen molar-refractivity contribution in [3.05, 3.63) is 58.5 Å². The predicted molar refractivity (Wildman–Crippen MR) is 84.2 cm³/mol. The van der Waals surface area contributed by atoms with Gasteiger partial charge in [0, 0.05) is 13.2 Å². The van der Waals surface area contributed by atoms with Crippen LogP contribution in [0.25, 0.3) is 0 Å². The zero-order chi connectivity index (χ0) is 15.1. The van der Waals surface area contributed by atoms with Gasteiger partial charge in [-0.25, -0.2) is 0 Å². The second-order valence-corrected chi connectivity index (χ2v) is 5.55. The summed E-state index contributed by atoms with van der Waals surface area (Å²) in [5.74, 6) is 0.302. The van der Waals surface area contributed by atoms with E-state index in [1.165, 1.54) is 5.56 Å². The highest BCUT2D eigenvalue weighted by Gasteiger charge is 2.13. The van der Waals surface area contributed by atoms with Crippen LogP contribution in [0.1, 0.15) is 34.9 Å². The van der Waals surface area contributed by atoms with E-state index < -0.39 is 0 Å². The van der Waals surface area contributed by atoms with Gasteiger partial charge < -0.3 is 14.8 Å². The highest BCUT2D eigenvalue weighted by molar-refractivity contribution is 9.10. The van der Waals surface area contributed by atoms with Gasteiger partial charge >= 0.3 is 0 Å². The number of aliphatic hydroxyl groups is 1. The molecule has 4 nitrogen and oxygen atoms in total. The molecule has 0 bridgehead atoms. The van der Waals surface area contributed by atoms with Crippen LogP contribution in [-0.4, -0.2) is 24.2 Å². The minimum Gasteiger partial charge on any atom is -0.444 e. The van der Waals surface area contributed by atoms with E-state index >= 15 is 0 Å². The van der Waals surface area contributed by atoms with Crippen molar-refractivity contribution in [2.45, 2.75) is 18.8 Å². The monoisotopic (exact) mass is 351 g/mol. The van der Waals surface area contributed by atoms with Gasteiger partial charge in [-0.3, -0.25) is 4.79 Å². The third kappa shape index (κ3) is 4.72. The average Bonchev–Trinajstić information content (AvgIpc) is 2.94. The molecular formula is C16H18BrNO3. The summed E-state index contributed by atoms with van der Waals surface area (Å²) >= 11 is 3.17. The fraction of sp³-hybridized carbons (Fsp3) is 0.312. The Morgan fingerprint density at radius 1 is 1.19 bits per heavy atom. The normalized spacial score (nSPS) is 12.1. The fourth-order valence-electron chi connectivity index (χ4n) is 2.24. The summed E-state index contributed by atoms with van der Waals surface area (Å²) in [5.41, 5.74) is 1.18. The summed E-state index contributed by atoms with van der Waals surface area (Å²) in [4.78, 5) is 11.9. The van der Waals surface area contributed by atoms with Gasteiger partial charge in [-0.05, 0) is 52.4 Å². The first kappa shape index (κ1) is 15.8. The Balaban J connectivity index is 1.86. The number of halogens is 1. The second-order valence-electron chi connectivity index (χ2n) is 4.77. The lowest BCUT2D eigenvalue weighted by molar-refractivity contribution is 0.0923. The highest BCUT2D eigenvalue weighted by Crippen LogP contribution is 2.22. The second kappa shape index (κ2) is 8.00. The Morgan fingerprint density at radius 3 is 2.57 bits per heavy atom. The number of amides is 1. The van der Waals surface area contributed by atoms with Crippen molar-refractivity contribution in [3.63, 3.8) is 0 Å². The number of hydrogen-bond acceptors (Lipinski definition) is 3. The number of rotatable bonds is 7. The van der Waals surface area contributed by atoms with Gasteiger partial charge in [0.1, 0.15) is 0 Å². The van der Waals surface area contributed by atoms with E-state index in [9.17, 15) is 9.90 Å². The standard InChI is InChI=1S/C16H18BrNO3/c17-15-7-6-14(21-15)16(20)18-10-8-13(9-11-19)12-4-2-1-3-5-12/h1-7,13,19H,8-11H2,(H,18,20). The molecule has 0 saturated carbocycles. The molecule has 0 aliphatic carbocycles. The van der Waals surface area contributed by atoms with E-state index in [0.29, 0.717) is 23.4 Å². The van der Waals surface area contributed by atoms with Crippen LogP contribution in [0.4, 0.5) is 0 Å². The molecule has 0 aliphatic heterocycles. The quantitative estimate of drug-likeness (QED) is 0.804. The van der Waals surface area contributed by atoms with Gasteiger partial charge in [0.15, 0.2) is 10.4 Å². The van der Waals surface area contributed by atoms with E-state index in [4.69, 9.17) is 4.42 Å². The molecule has 112 valence electrons. The van der Waals surface area contributed by atoms with Crippen molar-refractivity contribution < 1.29 is 14.3 Å². The van der Waals surface area contributed by atoms with Crippen molar-refractivity contribution in [1.82, 2.24) is 5.32 Å². The van der Waals surface area contributed by atoms with Gasteiger partial charge in [0.25, 0.3) is 5.91 Å². The molecule has 1 heterocycles. The van der Waals surface area contributed by atoms with Gasteiger partial charge in [-0.2, -0.15) is 0 Å². The molecule has 21 heavy (non-hydrogen) atoms. The fourth-order valence-corrected chi connectivity index (χ4v) is 2.55. The first-order chi connectivity index (χ1) is 10.2. The third-order valence-corrected chi connectivity index (χ3v) is 3.75. The number of aliphatic hydroxyl groups excluding tert-OH is 1. The summed E-state index contributed by atoms with van der Waals surface area (Å²) in [7, 11) is 0. The van der Waals surface area contributed by atoms with E-state index in [1.54, 1.807) is 12.1 Å². The third-order valence-electron chi connectivity index (χ3n) is 3.32. The maximum absolute atomic E-state index is 11.9. The average molecular weight is 352 g/mol. The molecule has 5 heteroatoms. The largest absolute Gasteiger partial charge is 0.444 e. The van der Waals surface area contributed by atoms with Crippen LogP contribution in [0.3, 0.4) is 0 Å². The lowest BCUT2D eigenvalue weighted by Crippen LogP contribution is -2.25. The molecule has 2 rings (SSSR count). The van der Waals surface area contributed by atoms with Crippen LogP contribution in [0, 0.1) is 0 Å². The van der Waals surface area contributed by atoms with Crippen LogP contribution >= 0.6 is 15.9 Å². The number of hydrogen-bond donors (Lipinski definition) is 2. The Labute approximate surface area is 132 Å². The van der Waals surface area contributed by atoms with E-state index in [2.05, 4.69) is 21.2 Å². The summed E-state index contributed by atoms with van der Waals surface area (Å²) in [6.07, 6.45) is 1.46. The molecule has 0 fully saturated rings. The first-order valence-corrected chi connectivity index (χ1v) is 7.69. The minimum absolute atomic E-state index is 0.138. The van der Waals surface area contributed by atoms with Crippen LogP contribution < -0.4 is 5.32 Å². The Hall–Kier alpha value is -1.59. The van der Waals surface area contributed by atoms with Crippen molar-refractivity contribution in [2.24, 2.45) is 0 Å². The lowest BCUT2D eigenvalue weighted by Gasteiger charge is -2.16. The van der Waals surface area contributed by atoms with E-state index in [0.717, 1.165) is 6.42 Å². The molecule has 2 N–H and O–H groups in total. The summed E-state index contributed by atoms with van der Waals surface area (Å²) in [6.45, 7) is 0.676. The Morgan fingerprint density at radius 2 is 1.95 bits per heavy atom. The van der Waals surface area contributed by atoms with Crippen molar-refractivity contribution >= 4 is 21.8 Å². The molecule has 1 aromatic heterocycles. The molecule has 0 saturated heterocycles. The SMILES string of the molecule is O=C(NCCC(CCO)c1ccccc1)c1ccc(Br)o1. The Bertz CT molecular complexity index is 568.